The summed E-state index contributed by atoms with van der Waals surface area (Å²) in [6, 6.07) is 9.61. The molecule has 0 radical (unpaired) electrons. The van der Waals surface area contributed by atoms with Crippen molar-refractivity contribution in [1.82, 2.24) is 10.2 Å². The van der Waals surface area contributed by atoms with Gasteiger partial charge in [-0.2, -0.15) is 0 Å². The Balaban J connectivity index is 2.05. The fourth-order valence-electron chi connectivity index (χ4n) is 1.74. The van der Waals surface area contributed by atoms with Gasteiger partial charge in [-0.15, -0.1) is 10.2 Å². The van der Waals surface area contributed by atoms with Crippen molar-refractivity contribution in [1.29, 1.82) is 0 Å². The van der Waals surface area contributed by atoms with Gasteiger partial charge in [0.1, 0.15) is 5.51 Å². The minimum absolute atomic E-state index is 0.0394. The summed E-state index contributed by atoms with van der Waals surface area (Å²) in [4.78, 5) is 13.9. The molecule has 1 heterocycles. The second-order valence-electron chi connectivity index (χ2n) is 4.19. The zero-order valence-corrected chi connectivity index (χ0v) is 11.6. The monoisotopic (exact) mass is 277 g/mol. The molecule has 6 heteroatoms. The highest BCUT2D eigenvalue weighted by Gasteiger charge is 2.19. The normalized spacial score (nSPS) is 10.5. The van der Waals surface area contributed by atoms with Crippen LogP contribution in [0.3, 0.4) is 0 Å². The maximum Gasteiger partial charge on any atom is 0.294 e. The summed E-state index contributed by atoms with van der Waals surface area (Å²) >= 11 is 1.27. The van der Waals surface area contributed by atoms with Crippen molar-refractivity contribution in [2.24, 2.45) is 0 Å². The van der Waals surface area contributed by atoms with Crippen molar-refractivity contribution in [3.8, 4) is 5.19 Å². The average Bonchev–Trinajstić information content (AvgIpc) is 2.90. The van der Waals surface area contributed by atoms with E-state index in [1.54, 1.807) is 10.4 Å². The number of rotatable bonds is 5. The molecule has 0 unspecified atom stereocenters. The molecule has 2 rings (SSSR count). The van der Waals surface area contributed by atoms with E-state index in [4.69, 9.17) is 4.74 Å². The molecule has 0 saturated carbocycles. The van der Waals surface area contributed by atoms with Gasteiger partial charge < -0.3 is 9.64 Å². The fourth-order valence-corrected chi connectivity index (χ4v) is 2.14. The Hall–Kier alpha value is -1.95. The minimum atomic E-state index is -0.101. The lowest BCUT2D eigenvalue weighted by Crippen LogP contribution is -2.40. The zero-order chi connectivity index (χ0) is 13.7. The number of anilines is 1. The average molecular weight is 277 g/mol. The van der Waals surface area contributed by atoms with Crippen LogP contribution in [-0.2, 0) is 4.79 Å². The summed E-state index contributed by atoms with van der Waals surface area (Å²) in [6.45, 7) is 3.90. The van der Waals surface area contributed by atoms with Crippen LogP contribution < -0.4 is 9.64 Å². The van der Waals surface area contributed by atoms with Gasteiger partial charge in [0.05, 0.1) is 0 Å². The number of carbonyl (C=O) groups is 1. The van der Waals surface area contributed by atoms with Crippen molar-refractivity contribution in [3.63, 3.8) is 0 Å². The molecule has 0 aliphatic rings. The number of benzene rings is 1. The third kappa shape index (κ3) is 3.51. The van der Waals surface area contributed by atoms with E-state index in [0.29, 0.717) is 5.19 Å². The van der Waals surface area contributed by atoms with Crippen LogP contribution >= 0.6 is 11.3 Å². The molecule has 1 aromatic heterocycles. The van der Waals surface area contributed by atoms with E-state index in [1.807, 2.05) is 44.2 Å². The molecule has 0 atom stereocenters. The number of hydrogen-bond acceptors (Lipinski definition) is 5. The maximum absolute atomic E-state index is 12.2. The first kappa shape index (κ1) is 13.5. The summed E-state index contributed by atoms with van der Waals surface area (Å²) in [5.41, 5.74) is 2.43. The Morgan fingerprint density at radius 1 is 1.37 bits per heavy atom. The van der Waals surface area contributed by atoms with Crippen molar-refractivity contribution < 1.29 is 9.53 Å². The summed E-state index contributed by atoms with van der Waals surface area (Å²) in [7, 11) is 0. The van der Waals surface area contributed by atoms with E-state index in [9.17, 15) is 4.79 Å². The second kappa shape index (κ2) is 6.29. The summed E-state index contributed by atoms with van der Waals surface area (Å²) in [5, 5.41) is 7.81. The SMILES string of the molecule is CC(C)N(C(=O)COc1nncs1)c1ccccc1. The molecule has 1 aromatic carbocycles. The Morgan fingerprint density at radius 2 is 2.11 bits per heavy atom. The highest BCUT2D eigenvalue weighted by molar-refractivity contribution is 7.11. The molecule has 0 bridgehead atoms. The fraction of sp³-hybridized carbons (Fsp3) is 0.308. The predicted molar refractivity (Wildman–Crippen MR) is 74.5 cm³/mol. The van der Waals surface area contributed by atoms with Gasteiger partial charge in [-0.1, -0.05) is 29.5 Å². The zero-order valence-electron chi connectivity index (χ0n) is 10.8. The van der Waals surface area contributed by atoms with E-state index in [-0.39, 0.29) is 18.6 Å². The smallest absolute Gasteiger partial charge is 0.294 e. The number of nitrogens with zero attached hydrogens (tertiary/aromatic N) is 3. The van der Waals surface area contributed by atoms with Gasteiger partial charge in [-0.3, -0.25) is 4.79 Å². The number of ether oxygens (including phenoxy) is 1. The van der Waals surface area contributed by atoms with Gasteiger partial charge in [-0.05, 0) is 26.0 Å². The lowest BCUT2D eigenvalue weighted by atomic mass is 10.2. The summed E-state index contributed by atoms with van der Waals surface area (Å²) in [6.07, 6.45) is 0. The van der Waals surface area contributed by atoms with Crippen LogP contribution in [0.4, 0.5) is 5.69 Å². The van der Waals surface area contributed by atoms with E-state index >= 15 is 0 Å². The molecule has 0 N–H and O–H groups in total. The van der Waals surface area contributed by atoms with E-state index < -0.39 is 0 Å². The van der Waals surface area contributed by atoms with Crippen molar-refractivity contribution >= 4 is 22.9 Å². The highest BCUT2D eigenvalue weighted by atomic mass is 32.1. The van der Waals surface area contributed by atoms with Crippen molar-refractivity contribution in [2.45, 2.75) is 19.9 Å². The molecule has 0 saturated heterocycles. The maximum atomic E-state index is 12.2. The van der Waals surface area contributed by atoms with Crippen molar-refractivity contribution in [3.05, 3.63) is 35.8 Å². The Bertz CT molecular complexity index is 514. The van der Waals surface area contributed by atoms with Gasteiger partial charge in [0.15, 0.2) is 6.61 Å². The summed E-state index contributed by atoms with van der Waals surface area (Å²) in [5.74, 6) is -0.101. The van der Waals surface area contributed by atoms with Crippen LogP contribution in [0, 0.1) is 0 Å². The van der Waals surface area contributed by atoms with Gasteiger partial charge in [0.2, 0.25) is 0 Å². The van der Waals surface area contributed by atoms with Crippen molar-refractivity contribution in [2.75, 3.05) is 11.5 Å². The number of carbonyl (C=O) groups excluding carboxylic acids is 1. The topological polar surface area (TPSA) is 55.3 Å². The Morgan fingerprint density at radius 3 is 2.68 bits per heavy atom. The highest BCUT2D eigenvalue weighted by Crippen LogP contribution is 2.17. The van der Waals surface area contributed by atoms with Crippen LogP contribution in [0.2, 0.25) is 0 Å². The molecule has 0 fully saturated rings. The Kier molecular flexibility index (Phi) is 4.46. The van der Waals surface area contributed by atoms with E-state index in [0.717, 1.165) is 5.69 Å². The van der Waals surface area contributed by atoms with Crippen LogP contribution in [0.15, 0.2) is 35.8 Å². The third-order valence-corrected chi connectivity index (χ3v) is 3.08. The molecule has 0 spiro atoms. The minimum Gasteiger partial charge on any atom is -0.459 e. The van der Waals surface area contributed by atoms with Gasteiger partial charge in [-0.25, -0.2) is 0 Å². The van der Waals surface area contributed by atoms with Crippen LogP contribution in [0.25, 0.3) is 0 Å². The van der Waals surface area contributed by atoms with Gasteiger partial charge in [0, 0.05) is 11.7 Å². The second-order valence-corrected chi connectivity index (χ2v) is 4.98. The van der Waals surface area contributed by atoms with E-state index in [1.165, 1.54) is 11.3 Å². The van der Waals surface area contributed by atoms with Gasteiger partial charge in [0.25, 0.3) is 11.1 Å². The molecule has 1 amide bonds. The summed E-state index contributed by atoms with van der Waals surface area (Å²) < 4.78 is 5.31. The number of hydrogen-bond donors (Lipinski definition) is 0. The molecule has 0 aliphatic heterocycles. The first-order chi connectivity index (χ1) is 9.18. The Labute approximate surface area is 115 Å². The van der Waals surface area contributed by atoms with Crippen LogP contribution in [-0.4, -0.2) is 28.8 Å². The number of amides is 1. The quantitative estimate of drug-likeness (QED) is 0.842. The van der Waals surface area contributed by atoms with Crippen LogP contribution in [0.5, 0.6) is 5.19 Å². The molecule has 19 heavy (non-hydrogen) atoms. The molecule has 0 aliphatic carbocycles. The predicted octanol–water partition coefficient (Wildman–Crippen LogP) is 2.36. The number of para-hydroxylation sites is 1. The largest absolute Gasteiger partial charge is 0.459 e. The first-order valence-corrected chi connectivity index (χ1v) is 6.82. The molecule has 5 nitrogen and oxygen atoms in total. The standard InChI is InChI=1S/C13H15N3O2S/c1-10(2)16(11-6-4-3-5-7-11)12(17)8-18-13-15-14-9-19-13/h3-7,9-10H,8H2,1-2H3. The van der Waals surface area contributed by atoms with Gasteiger partial charge >= 0.3 is 0 Å². The number of aromatic nitrogens is 2. The third-order valence-electron chi connectivity index (χ3n) is 2.48. The first-order valence-electron chi connectivity index (χ1n) is 5.94. The molecule has 2 aromatic rings. The van der Waals surface area contributed by atoms with Crippen LogP contribution in [0.1, 0.15) is 13.8 Å². The molecular weight excluding hydrogens is 262 g/mol. The van der Waals surface area contributed by atoms with E-state index in [2.05, 4.69) is 10.2 Å². The molecular formula is C13H15N3O2S. The lowest BCUT2D eigenvalue weighted by Gasteiger charge is -2.26. The lowest BCUT2D eigenvalue weighted by molar-refractivity contribution is -0.120. The molecule has 100 valence electrons.